The zero-order chi connectivity index (χ0) is 32.3. The van der Waals surface area contributed by atoms with Gasteiger partial charge in [0.25, 0.3) is 0 Å². The molecule has 0 saturated heterocycles. The monoisotopic (exact) mass is 661 g/mol. The molecule has 44 heavy (non-hydrogen) atoms. The first-order chi connectivity index (χ1) is 20.9. The lowest BCUT2D eigenvalue weighted by Crippen LogP contribution is -2.52. The van der Waals surface area contributed by atoms with Crippen molar-refractivity contribution in [2.75, 3.05) is 23.7 Å². The highest BCUT2D eigenvalue weighted by Crippen LogP contribution is 2.30. The van der Waals surface area contributed by atoms with Crippen LogP contribution in [0.1, 0.15) is 51.2 Å². The van der Waals surface area contributed by atoms with Crippen LogP contribution in [-0.4, -0.2) is 56.6 Å². The van der Waals surface area contributed by atoms with Crippen LogP contribution in [0.4, 0.5) is 5.69 Å². The smallest absolute Gasteiger partial charge is 0.243 e. The van der Waals surface area contributed by atoms with Crippen LogP contribution in [0.5, 0.6) is 5.75 Å². The molecule has 0 aromatic heterocycles. The van der Waals surface area contributed by atoms with Crippen LogP contribution in [0.2, 0.25) is 10.0 Å². The molecular weight excluding hydrogens is 621 g/mol. The summed E-state index contributed by atoms with van der Waals surface area (Å²) in [5.74, 6) is -0.136. The molecule has 2 amide bonds. The third-order valence-electron chi connectivity index (χ3n) is 7.21. The van der Waals surface area contributed by atoms with Gasteiger partial charge in [-0.15, -0.1) is 0 Å². The number of benzene rings is 3. The highest BCUT2D eigenvalue weighted by atomic mass is 35.5. The van der Waals surface area contributed by atoms with Crippen molar-refractivity contribution in [2.45, 2.75) is 65.1 Å². The van der Waals surface area contributed by atoms with E-state index < -0.39 is 16.1 Å². The lowest BCUT2D eigenvalue weighted by molar-refractivity contribution is -0.141. The van der Waals surface area contributed by atoms with Gasteiger partial charge in [0.2, 0.25) is 21.8 Å². The minimum absolute atomic E-state index is 0.00404. The fourth-order valence-corrected chi connectivity index (χ4v) is 6.19. The third kappa shape index (κ3) is 10.1. The number of amides is 2. The molecule has 0 bridgehead atoms. The van der Waals surface area contributed by atoms with Crippen LogP contribution in [0.3, 0.4) is 0 Å². The molecule has 3 aromatic rings. The molecule has 238 valence electrons. The number of carbonyl (C=O) groups is 2. The van der Waals surface area contributed by atoms with Crippen molar-refractivity contribution in [3.63, 3.8) is 0 Å². The summed E-state index contributed by atoms with van der Waals surface area (Å²) in [6, 6.07) is 20.5. The van der Waals surface area contributed by atoms with Crippen molar-refractivity contribution in [1.82, 2.24) is 10.2 Å². The molecule has 3 aromatic carbocycles. The topological polar surface area (TPSA) is 96.0 Å². The largest absolute Gasteiger partial charge is 0.492 e. The molecule has 0 heterocycles. The standard InChI is InChI=1S/C33H41Cl2N3O5S/c1-5-24(3)36-33(40)30(21-25-13-8-7-9-14-25)37(23-26-18-19-27(34)22-28(26)35)32(39)17-12-20-38(44(4,41)42)29-15-10-11-16-31(29)43-6-2/h7-11,13-16,18-19,22,24,30H,5-6,12,17,20-21,23H2,1-4H3,(H,36,40)/t24-,30+/m1/s1. The second-order valence-electron chi connectivity index (χ2n) is 10.6. The van der Waals surface area contributed by atoms with E-state index in [4.69, 9.17) is 27.9 Å². The molecule has 2 atom stereocenters. The summed E-state index contributed by atoms with van der Waals surface area (Å²) >= 11 is 12.7. The molecule has 1 N–H and O–H groups in total. The summed E-state index contributed by atoms with van der Waals surface area (Å²) in [6.45, 7) is 6.21. The minimum atomic E-state index is -3.69. The van der Waals surface area contributed by atoms with Gasteiger partial charge >= 0.3 is 0 Å². The maximum absolute atomic E-state index is 14.0. The Labute approximate surface area is 271 Å². The number of sulfonamides is 1. The van der Waals surface area contributed by atoms with E-state index in [1.807, 2.05) is 51.1 Å². The number of ether oxygens (including phenoxy) is 1. The number of nitrogens with one attached hydrogen (secondary N) is 1. The van der Waals surface area contributed by atoms with Gasteiger partial charge in [0.1, 0.15) is 11.8 Å². The molecule has 0 aliphatic rings. The zero-order valence-corrected chi connectivity index (χ0v) is 28.0. The summed E-state index contributed by atoms with van der Waals surface area (Å²) in [4.78, 5) is 29.3. The number of rotatable bonds is 16. The van der Waals surface area contributed by atoms with Gasteiger partial charge in [-0.25, -0.2) is 8.42 Å². The molecule has 0 aliphatic carbocycles. The first kappa shape index (κ1) is 35.2. The van der Waals surface area contributed by atoms with Gasteiger partial charge in [-0.1, -0.05) is 78.7 Å². The Bertz CT molecular complexity index is 1500. The van der Waals surface area contributed by atoms with E-state index in [-0.39, 0.29) is 50.2 Å². The normalized spacial score (nSPS) is 12.7. The van der Waals surface area contributed by atoms with E-state index in [0.29, 0.717) is 33.7 Å². The highest BCUT2D eigenvalue weighted by Gasteiger charge is 2.31. The van der Waals surface area contributed by atoms with E-state index >= 15 is 0 Å². The number of anilines is 1. The Morgan fingerprint density at radius 3 is 2.30 bits per heavy atom. The predicted molar refractivity (Wildman–Crippen MR) is 178 cm³/mol. The maximum Gasteiger partial charge on any atom is 0.243 e. The average Bonchev–Trinajstić information content (AvgIpc) is 2.98. The van der Waals surface area contributed by atoms with Crippen molar-refractivity contribution >= 4 is 50.7 Å². The number of carbonyl (C=O) groups excluding carboxylic acids is 2. The van der Waals surface area contributed by atoms with Gasteiger partial charge in [0.15, 0.2) is 0 Å². The fraction of sp³-hybridized carbons (Fsp3) is 0.394. The van der Waals surface area contributed by atoms with Gasteiger partial charge in [0.05, 0.1) is 18.6 Å². The van der Waals surface area contributed by atoms with E-state index in [1.165, 1.54) is 4.31 Å². The number of hydrogen-bond donors (Lipinski definition) is 1. The van der Waals surface area contributed by atoms with Gasteiger partial charge in [0, 0.05) is 42.0 Å². The van der Waals surface area contributed by atoms with E-state index in [2.05, 4.69) is 5.32 Å². The summed E-state index contributed by atoms with van der Waals surface area (Å²) in [5.41, 5.74) is 1.94. The van der Waals surface area contributed by atoms with E-state index in [1.54, 1.807) is 47.4 Å². The Balaban J connectivity index is 1.94. The Kier molecular flexibility index (Phi) is 13.4. The van der Waals surface area contributed by atoms with Crippen molar-refractivity contribution < 1.29 is 22.7 Å². The first-order valence-electron chi connectivity index (χ1n) is 14.7. The van der Waals surface area contributed by atoms with Crippen LogP contribution in [0.25, 0.3) is 0 Å². The van der Waals surface area contributed by atoms with Gasteiger partial charge in [-0.3, -0.25) is 13.9 Å². The SMILES string of the molecule is CCOc1ccccc1N(CCCC(=O)N(Cc1ccc(Cl)cc1Cl)[C@@H](Cc1ccccc1)C(=O)N[C@H](C)CC)S(C)(=O)=O. The van der Waals surface area contributed by atoms with Crippen molar-refractivity contribution in [2.24, 2.45) is 0 Å². The van der Waals surface area contributed by atoms with Crippen LogP contribution in [0, 0.1) is 0 Å². The number of nitrogens with zero attached hydrogens (tertiary/aromatic N) is 2. The third-order valence-corrected chi connectivity index (χ3v) is 8.98. The molecular formula is C33H41Cl2N3O5S. The molecule has 0 fully saturated rings. The zero-order valence-electron chi connectivity index (χ0n) is 25.6. The summed E-state index contributed by atoms with van der Waals surface area (Å²) in [6.07, 6.45) is 2.35. The van der Waals surface area contributed by atoms with Crippen LogP contribution in [0.15, 0.2) is 72.8 Å². The Hall–Kier alpha value is -3.27. The molecule has 0 unspecified atom stereocenters. The van der Waals surface area contributed by atoms with Crippen LogP contribution in [-0.2, 0) is 32.6 Å². The summed E-state index contributed by atoms with van der Waals surface area (Å²) in [7, 11) is -3.69. The molecule has 0 radical (unpaired) electrons. The molecule has 0 saturated carbocycles. The van der Waals surface area contributed by atoms with Crippen LogP contribution < -0.4 is 14.4 Å². The van der Waals surface area contributed by atoms with Crippen molar-refractivity contribution in [3.8, 4) is 5.75 Å². The minimum Gasteiger partial charge on any atom is -0.492 e. The van der Waals surface area contributed by atoms with Gasteiger partial charge in [-0.2, -0.15) is 0 Å². The van der Waals surface area contributed by atoms with Crippen molar-refractivity contribution in [3.05, 3.63) is 94.0 Å². The molecule has 11 heteroatoms. The quantitative estimate of drug-likeness (QED) is 0.189. The molecule has 8 nitrogen and oxygen atoms in total. The number of halogens is 2. The average molecular weight is 663 g/mol. The number of para-hydroxylation sites is 2. The van der Waals surface area contributed by atoms with Crippen LogP contribution >= 0.6 is 23.2 Å². The second-order valence-corrected chi connectivity index (χ2v) is 13.4. The van der Waals surface area contributed by atoms with E-state index in [0.717, 1.165) is 18.2 Å². The van der Waals surface area contributed by atoms with Crippen molar-refractivity contribution in [1.29, 1.82) is 0 Å². The molecule has 3 rings (SSSR count). The lowest BCUT2D eigenvalue weighted by Gasteiger charge is -2.33. The Morgan fingerprint density at radius 1 is 0.977 bits per heavy atom. The maximum atomic E-state index is 14.0. The molecule has 0 spiro atoms. The Morgan fingerprint density at radius 2 is 1.66 bits per heavy atom. The molecule has 0 aliphatic heterocycles. The summed E-state index contributed by atoms with van der Waals surface area (Å²) in [5, 5.41) is 3.88. The van der Waals surface area contributed by atoms with Gasteiger partial charge in [-0.05, 0) is 62.1 Å². The fourth-order valence-electron chi connectivity index (χ4n) is 4.75. The van der Waals surface area contributed by atoms with E-state index in [9.17, 15) is 18.0 Å². The predicted octanol–water partition coefficient (Wildman–Crippen LogP) is 6.49. The second kappa shape index (κ2) is 16.7. The number of hydrogen-bond acceptors (Lipinski definition) is 5. The highest BCUT2D eigenvalue weighted by molar-refractivity contribution is 7.92. The van der Waals surface area contributed by atoms with Gasteiger partial charge < -0.3 is 15.0 Å². The lowest BCUT2D eigenvalue weighted by atomic mass is 10.0. The summed E-state index contributed by atoms with van der Waals surface area (Å²) < 4.78 is 32.6. The first-order valence-corrected chi connectivity index (χ1v) is 17.3.